The van der Waals surface area contributed by atoms with Gasteiger partial charge in [0, 0.05) is 17.1 Å². The fourth-order valence-corrected chi connectivity index (χ4v) is 1.23. The number of halogens is 1. The maximum atomic E-state index is 11.5. The number of carbonyl (C=O) groups is 1. The standard InChI is InChI=1S/C11H14ClNO3/c12-10-3-1-9(2-4-10)11(15)13-5-7-16-8-6-14/h1-4,14H,5-8H2,(H,13,15). The molecule has 0 aliphatic heterocycles. The van der Waals surface area contributed by atoms with E-state index in [-0.39, 0.29) is 19.1 Å². The number of benzene rings is 1. The van der Waals surface area contributed by atoms with E-state index in [1.807, 2.05) is 0 Å². The Morgan fingerprint density at radius 1 is 1.31 bits per heavy atom. The van der Waals surface area contributed by atoms with Crippen molar-refractivity contribution in [3.05, 3.63) is 34.9 Å². The summed E-state index contributed by atoms with van der Waals surface area (Å²) in [5, 5.41) is 11.7. The second kappa shape index (κ2) is 7.22. The van der Waals surface area contributed by atoms with Gasteiger partial charge in [-0.05, 0) is 24.3 Å². The van der Waals surface area contributed by atoms with Crippen LogP contribution in [0.4, 0.5) is 0 Å². The molecule has 88 valence electrons. The highest BCUT2D eigenvalue weighted by atomic mass is 35.5. The van der Waals surface area contributed by atoms with Gasteiger partial charge in [-0.3, -0.25) is 4.79 Å². The lowest BCUT2D eigenvalue weighted by atomic mass is 10.2. The van der Waals surface area contributed by atoms with Gasteiger partial charge in [-0.1, -0.05) is 11.6 Å². The molecule has 0 aromatic heterocycles. The molecule has 0 fully saturated rings. The molecule has 5 heteroatoms. The highest BCUT2D eigenvalue weighted by Crippen LogP contribution is 2.08. The number of ether oxygens (including phenoxy) is 1. The van der Waals surface area contributed by atoms with E-state index >= 15 is 0 Å². The van der Waals surface area contributed by atoms with E-state index in [1.165, 1.54) is 0 Å². The molecule has 0 spiro atoms. The third-order valence-corrected chi connectivity index (χ3v) is 2.13. The molecule has 16 heavy (non-hydrogen) atoms. The molecular weight excluding hydrogens is 230 g/mol. The maximum absolute atomic E-state index is 11.5. The van der Waals surface area contributed by atoms with Crippen LogP contribution >= 0.6 is 11.6 Å². The van der Waals surface area contributed by atoms with E-state index in [9.17, 15) is 4.79 Å². The molecule has 0 saturated carbocycles. The summed E-state index contributed by atoms with van der Waals surface area (Å²) < 4.78 is 5.00. The summed E-state index contributed by atoms with van der Waals surface area (Å²) in [6.45, 7) is 1.09. The van der Waals surface area contributed by atoms with Gasteiger partial charge in [0.2, 0.25) is 0 Å². The van der Waals surface area contributed by atoms with E-state index in [4.69, 9.17) is 21.4 Å². The quantitative estimate of drug-likeness (QED) is 0.735. The largest absolute Gasteiger partial charge is 0.394 e. The number of nitrogens with one attached hydrogen (secondary N) is 1. The molecular formula is C11H14ClNO3. The first-order valence-electron chi connectivity index (χ1n) is 4.96. The summed E-state index contributed by atoms with van der Waals surface area (Å²) in [5.41, 5.74) is 0.562. The Balaban J connectivity index is 2.27. The third-order valence-electron chi connectivity index (χ3n) is 1.87. The smallest absolute Gasteiger partial charge is 0.251 e. The van der Waals surface area contributed by atoms with Gasteiger partial charge in [-0.25, -0.2) is 0 Å². The van der Waals surface area contributed by atoms with Crippen LogP contribution in [0.1, 0.15) is 10.4 Å². The van der Waals surface area contributed by atoms with E-state index in [1.54, 1.807) is 24.3 Å². The van der Waals surface area contributed by atoms with E-state index in [2.05, 4.69) is 5.32 Å². The molecule has 4 nitrogen and oxygen atoms in total. The number of rotatable bonds is 6. The van der Waals surface area contributed by atoms with Gasteiger partial charge >= 0.3 is 0 Å². The van der Waals surface area contributed by atoms with Crippen LogP contribution in [-0.4, -0.2) is 37.4 Å². The fourth-order valence-electron chi connectivity index (χ4n) is 1.11. The van der Waals surface area contributed by atoms with Gasteiger partial charge in [0.25, 0.3) is 5.91 Å². The van der Waals surface area contributed by atoms with Gasteiger partial charge in [0.05, 0.1) is 19.8 Å². The number of aliphatic hydroxyl groups excluding tert-OH is 1. The fraction of sp³-hybridized carbons (Fsp3) is 0.364. The second-order valence-corrected chi connectivity index (χ2v) is 3.54. The lowest BCUT2D eigenvalue weighted by molar-refractivity contribution is 0.0838. The molecule has 0 saturated heterocycles. The summed E-state index contributed by atoms with van der Waals surface area (Å²) in [7, 11) is 0. The van der Waals surface area contributed by atoms with Crippen LogP contribution in [0.25, 0.3) is 0 Å². The van der Waals surface area contributed by atoms with Crippen LogP contribution < -0.4 is 5.32 Å². The first kappa shape index (κ1) is 13.0. The lowest BCUT2D eigenvalue weighted by Crippen LogP contribution is -2.27. The van der Waals surface area contributed by atoms with Crippen molar-refractivity contribution < 1.29 is 14.6 Å². The maximum Gasteiger partial charge on any atom is 0.251 e. The molecule has 0 bridgehead atoms. The highest BCUT2D eigenvalue weighted by molar-refractivity contribution is 6.30. The van der Waals surface area contributed by atoms with E-state index < -0.39 is 0 Å². The molecule has 0 unspecified atom stereocenters. The van der Waals surface area contributed by atoms with Crippen LogP contribution in [0, 0.1) is 0 Å². The molecule has 1 rings (SSSR count). The van der Waals surface area contributed by atoms with Crippen molar-refractivity contribution in [1.82, 2.24) is 5.32 Å². The van der Waals surface area contributed by atoms with Crippen molar-refractivity contribution in [3.63, 3.8) is 0 Å². The SMILES string of the molecule is O=C(NCCOCCO)c1ccc(Cl)cc1. The first-order chi connectivity index (χ1) is 7.74. The first-order valence-corrected chi connectivity index (χ1v) is 5.34. The molecule has 1 amide bonds. The number of aliphatic hydroxyl groups is 1. The molecule has 0 radical (unpaired) electrons. The Morgan fingerprint density at radius 3 is 2.62 bits per heavy atom. The lowest BCUT2D eigenvalue weighted by Gasteiger charge is -2.05. The van der Waals surface area contributed by atoms with Crippen molar-refractivity contribution in [2.45, 2.75) is 0 Å². The summed E-state index contributed by atoms with van der Waals surface area (Å²) in [6.07, 6.45) is 0. The molecule has 0 aliphatic rings. The van der Waals surface area contributed by atoms with Crippen LogP contribution in [0.3, 0.4) is 0 Å². The Labute approximate surface area is 99.2 Å². The molecule has 0 aliphatic carbocycles. The van der Waals surface area contributed by atoms with Crippen LogP contribution in [-0.2, 0) is 4.74 Å². The Hall–Kier alpha value is -1.10. The molecule has 2 N–H and O–H groups in total. The van der Waals surface area contributed by atoms with Crippen molar-refractivity contribution >= 4 is 17.5 Å². The second-order valence-electron chi connectivity index (χ2n) is 3.10. The van der Waals surface area contributed by atoms with Gasteiger partial charge < -0.3 is 15.2 Å². The Morgan fingerprint density at radius 2 is 2.00 bits per heavy atom. The summed E-state index contributed by atoms with van der Waals surface area (Å²) in [4.78, 5) is 11.5. The van der Waals surface area contributed by atoms with Gasteiger partial charge in [-0.2, -0.15) is 0 Å². The summed E-state index contributed by atoms with van der Waals surface area (Å²) in [6, 6.07) is 6.65. The summed E-state index contributed by atoms with van der Waals surface area (Å²) >= 11 is 5.70. The highest BCUT2D eigenvalue weighted by Gasteiger charge is 2.03. The topological polar surface area (TPSA) is 58.6 Å². The number of carbonyl (C=O) groups excluding carboxylic acids is 1. The van der Waals surface area contributed by atoms with Crippen LogP contribution in [0.2, 0.25) is 5.02 Å². The van der Waals surface area contributed by atoms with Gasteiger partial charge in [0.1, 0.15) is 0 Å². The van der Waals surface area contributed by atoms with Crippen LogP contribution in [0.5, 0.6) is 0 Å². The number of hydrogen-bond acceptors (Lipinski definition) is 3. The molecule has 0 heterocycles. The van der Waals surface area contributed by atoms with E-state index in [0.717, 1.165) is 0 Å². The number of amides is 1. The van der Waals surface area contributed by atoms with Crippen LogP contribution in [0.15, 0.2) is 24.3 Å². The van der Waals surface area contributed by atoms with Gasteiger partial charge in [-0.15, -0.1) is 0 Å². The normalized spacial score (nSPS) is 10.1. The van der Waals surface area contributed by atoms with Gasteiger partial charge in [0.15, 0.2) is 0 Å². The average Bonchev–Trinajstić information content (AvgIpc) is 2.29. The zero-order valence-electron chi connectivity index (χ0n) is 8.78. The minimum Gasteiger partial charge on any atom is -0.394 e. The predicted molar refractivity (Wildman–Crippen MR) is 61.7 cm³/mol. The monoisotopic (exact) mass is 243 g/mol. The molecule has 0 atom stereocenters. The molecule has 1 aromatic carbocycles. The van der Waals surface area contributed by atoms with Crippen molar-refractivity contribution in [2.75, 3.05) is 26.4 Å². The van der Waals surface area contributed by atoms with Crippen molar-refractivity contribution in [3.8, 4) is 0 Å². The summed E-state index contributed by atoms with van der Waals surface area (Å²) in [5.74, 6) is -0.163. The van der Waals surface area contributed by atoms with Crippen molar-refractivity contribution in [1.29, 1.82) is 0 Å². The Bertz CT molecular complexity index is 327. The molecule has 1 aromatic rings. The minimum absolute atomic E-state index is 0.00880. The average molecular weight is 244 g/mol. The third kappa shape index (κ3) is 4.61. The predicted octanol–water partition coefficient (Wildman–Crippen LogP) is 1.08. The minimum atomic E-state index is -0.163. The Kier molecular flexibility index (Phi) is 5.85. The van der Waals surface area contributed by atoms with Crippen molar-refractivity contribution in [2.24, 2.45) is 0 Å². The zero-order chi connectivity index (χ0) is 11.8. The van der Waals surface area contributed by atoms with E-state index in [0.29, 0.717) is 23.7 Å². The number of hydrogen-bond donors (Lipinski definition) is 2. The zero-order valence-corrected chi connectivity index (χ0v) is 9.54.